The Hall–Kier alpha value is -2.88. The summed E-state index contributed by atoms with van der Waals surface area (Å²) in [5.74, 6) is 0.144. The average molecular weight is 310 g/mol. The molecule has 0 bridgehead atoms. The highest BCUT2D eigenvalue weighted by atomic mass is 16.6. The third kappa shape index (κ3) is 4.81. The molecule has 0 aliphatic rings. The summed E-state index contributed by atoms with van der Waals surface area (Å²) in [6.45, 7) is 5.48. The molecule has 0 heterocycles. The molecule has 0 N–H and O–H groups in total. The predicted octanol–water partition coefficient (Wildman–Crippen LogP) is 3.42. The molecule has 0 amide bonds. The van der Waals surface area contributed by atoms with Gasteiger partial charge in [0.2, 0.25) is 0 Å². The van der Waals surface area contributed by atoms with Crippen LogP contribution in [-0.4, -0.2) is 25.0 Å². The van der Waals surface area contributed by atoms with Crippen molar-refractivity contribution in [3.63, 3.8) is 0 Å². The van der Waals surface area contributed by atoms with Crippen molar-refractivity contribution < 1.29 is 19.1 Å². The quantitative estimate of drug-likeness (QED) is 0.340. The summed E-state index contributed by atoms with van der Waals surface area (Å²) < 4.78 is 10.4. The molecule has 23 heavy (non-hydrogen) atoms. The van der Waals surface area contributed by atoms with Gasteiger partial charge in [-0.3, -0.25) is 4.79 Å². The molecule has 0 unspecified atom stereocenters. The Kier molecular flexibility index (Phi) is 5.69. The summed E-state index contributed by atoms with van der Waals surface area (Å²) in [4.78, 5) is 23.4. The number of rotatable bonds is 7. The zero-order valence-electron chi connectivity index (χ0n) is 13.0. The Labute approximate surface area is 135 Å². The highest BCUT2D eigenvalue weighted by molar-refractivity contribution is 6.08. The molecule has 0 saturated heterocycles. The summed E-state index contributed by atoms with van der Waals surface area (Å²) in [5.41, 5.74) is 1.60. The van der Waals surface area contributed by atoms with Gasteiger partial charge in [0, 0.05) is 16.7 Å². The smallest absolute Gasteiger partial charge is 0.333 e. The summed E-state index contributed by atoms with van der Waals surface area (Å²) in [6, 6.07) is 16.0. The Morgan fingerprint density at radius 2 is 1.52 bits per heavy atom. The van der Waals surface area contributed by atoms with E-state index in [1.54, 1.807) is 43.3 Å². The molecule has 0 atom stereocenters. The van der Waals surface area contributed by atoms with Crippen molar-refractivity contribution >= 4 is 11.8 Å². The normalized spacial score (nSPS) is 9.96. The minimum atomic E-state index is -0.433. The maximum absolute atomic E-state index is 12.3. The number of esters is 1. The molecule has 118 valence electrons. The zero-order valence-corrected chi connectivity index (χ0v) is 13.0. The summed E-state index contributed by atoms with van der Waals surface area (Å²) in [6.07, 6.45) is 0. The van der Waals surface area contributed by atoms with Crippen LogP contribution < -0.4 is 4.74 Å². The zero-order chi connectivity index (χ0) is 16.7. The Balaban J connectivity index is 1.86. The second-order valence-electron chi connectivity index (χ2n) is 4.98. The molecule has 2 rings (SSSR count). The highest BCUT2D eigenvalue weighted by Crippen LogP contribution is 2.15. The van der Waals surface area contributed by atoms with Gasteiger partial charge in [0.1, 0.15) is 19.0 Å². The highest BCUT2D eigenvalue weighted by Gasteiger charge is 2.08. The van der Waals surface area contributed by atoms with Gasteiger partial charge in [0.25, 0.3) is 0 Å². The van der Waals surface area contributed by atoms with Crippen molar-refractivity contribution in [2.75, 3.05) is 13.2 Å². The van der Waals surface area contributed by atoms with Gasteiger partial charge in [-0.05, 0) is 31.2 Å². The first kappa shape index (κ1) is 16.5. The van der Waals surface area contributed by atoms with Crippen molar-refractivity contribution in [2.45, 2.75) is 6.92 Å². The molecule has 4 nitrogen and oxygen atoms in total. The van der Waals surface area contributed by atoms with E-state index in [0.29, 0.717) is 22.4 Å². The van der Waals surface area contributed by atoms with Gasteiger partial charge in [0.15, 0.2) is 5.78 Å². The number of ether oxygens (including phenoxy) is 2. The largest absolute Gasteiger partial charge is 0.490 e. The molecule has 0 spiro atoms. The summed E-state index contributed by atoms with van der Waals surface area (Å²) >= 11 is 0. The third-order valence-electron chi connectivity index (χ3n) is 3.09. The first-order valence-corrected chi connectivity index (χ1v) is 7.23. The van der Waals surface area contributed by atoms with Crippen molar-refractivity contribution in [1.29, 1.82) is 0 Å². The molecule has 0 aliphatic heterocycles. The molecule has 0 fully saturated rings. The van der Waals surface area contributed by atoms with Gasteiger partial charge in [0.05, 0.1) is 0 Å². The van der Waals surface area contributed by atoms with E-state index in [1.807, 2.05) is 18.2 Å². The van der Waals surface area contributed by atoms with Crippen LogP contribution in [-0.2, 0) is 9.53 Å². The van der Waals surface area contributed by atoms with Gasteiger partial charge in [-0.1, -0.05) is 36.9 Å². The van der Waals surface area contributed by atoms with Crippen LogP contribution in [0.4, 0.5) is 0 Å². The number of hydrogen-bond acceptors (Lipinski definition) is 4. The predicted molar refractivity (Wildman–Crippen MR) is 87.6 cm³/mol. The first-order valence-electron chi connectivity index (χ1n) is 7.23. The van der Waals surface area contributed by atoms with Gasteiger partial charge in [-0.2, -0.15) is 0 Å². The van der Waals surface area contributed by atoms with Crippen LogP contribution >= 0.6 is 0 Å². The fourth-order valence-corrected chi connectivity index (χ4v) is 1.88. The number of ketones is 1. The molecule has 0 radical (unpaired) electrons. The summed E-state index contributed by atoms with van der Waals surface area (Å²) in [5, 5.41) is 0. The Morgan fingerprint density at radius 1 is 0.913 bits per heavy atom. The molecule has 0 aliphatic carbocycles. The number of hydrogen-bond donors (Lipinski definition) is 0. The van der Waals surface area contributed by atoms with Crippen LogP contribution in [0.15, 0.2) is 66.7 Å². The number of carbonyl (C=O) groups is 2. The van der Waals surface area contributed by atoms with E-state index < -0.39 is 5.97 Å². The fourth-order valence-electron chi connectivity index (χ4n) is 1.88. The fraction of sp³-hybridized carbons (Fsp3) is 0.158. The van der Waals surface area contributed by atoms with Crippen LogP contribution in [0, 0.1) is 0 Å². The second kappa shape index (κ2) is 7.94. The van der Waals surface area contributed by atoms with E-state index >= 15 is 0 Å². The minimum Gasteiger partial charge on any atom is -0.490 e. The first-order chi connectivity index (χ1) is 11.1. The monoisotopic (exact) mass is 310 g/mol. The van der Waals surface area contributed by atoms with E-state index in [2.05, 4.69) is 6.58 Å². The molecular formula is C19H18O4. The standard InChI is InChI=1S/C19H18O4/c1-14(2)19(21)23-13-12-22-17-10-8-16(9-11-17)18(20)15-6-4-3-5-7-15/h3-11H,1,12-13H2,2H3. The third-order valence-corrected chi connectivity index (χ3v) is 3.09. The maximum Gasteiger partial charge on any atom is 0.333 e. The van der Waals surface area contributed by atoms with Gasteiger partial charge >= 0.3 is 5.97 Å². The molecule has 2 aromatic carbocycles. The topological polar surface area (TPSA) is 52.6 Å². The molecule has 2 aromatic rings. The van der Waals surface area contributed by atoms with Crippen LogP contribution in [0.25, 0.3) is 0 Å². The van der Waals surface area contributed by atoms with E-state index in [1.165, 1.54) is 0 Å². The second-order valence-corrected chi connectivity index (χ2v) is 4.98. The molecule has 4 heteroatoms. The van der Waals surface area contributed by atoms with Crippen LogP contribution in [0.2, 0.25) is 0 Å². The summed E-state index contributed by atoms with van der Waals surface area (Å²) in [7, 11) is 0. The van der Waals surface area contributed by atoms with Crippen molar-refractivity contribution in [2.24, 2.45) is 0 Å². The Bertz CT molecular complexity index is 687. The van der Waals surface area contributed by atoms with E-state index in [-0.39, 0.29) is 19.0 Å². The van der Waals surface area contributed by atoms with Crippen LogP contribution in [0.1, 0.15) is 22.8 Å². The lowest BCUT2D eigenvalue weighted by molar-refractivity contribution is -0.139. The van der Waals surface area contributed by atoms with E-state index in [0.717, 1.165) is 0 Å². The van der Waals surface area contributed by atoms with Crippen LogP contribution in [0.3, 0.4) is 0 Å². The molecular weight excluding hydrogens is 292 g/mol. The van der Waals surface area contributed by atoms with Gasteiger partial charge in [-0.25, -0.2) is 4.79 Å². The van der Waals surface area contributed by atoms with Gasteiger partial charge in [-0.15, -0.1) is 0 Å². The number of carbonyl (C=O) groups excluding carboxylic acids is 2. The van der Waals surface area contributed by atoms with E-state index in [9.17, 15) is 9.59 Å². The lowest BCUT2D eigenvalue weighted by atomic mass is 10.0. The van der Waals surface area contributed by atoms with Crippen LogP contribution in [0.5, 0.6) is 5.75 Å². The SMILES string of the molecule is C=C(C)C(=O)OCCOc1ccc(C(=O)c2ccccc2)cc1. The lowest BCUT2D eigenvalue weighted by Crippen LogP contribution is -2.12. The lowest BCUT2D eigenvalue weighted by Gasteiger charge is -2.08. The molecule has 0 saturated carbocycles. The number of benzene rings is 2. The van der Waals surface area contributed by atoms with Crippen molar-refractivity contribution in [3.05, 3.63) is 77.9 Å². The maximum atomic E-state index is 12.3. The minimum absolute atomic E-state index is 0.0347. The van der Waals surface area contributed by atoms with E-state index in [4.69, 9.17) is 9.47 Å². The van der Waals surface area contributed by atoms with Gasteiger partial charge < -0.3 is 9.47 Å². The Morgan fingerprint density at radius 3 is 2.13 bits per heavy atom. The van der Waals surface area contributed by atoms with Crippen molar-refractivity contribution in [3.8, 4) is 5.75 Å². The molecule has 0 aromatic heterocycles. The average Bonchev–Trinajstić information content (AvgIpc) is 2.59. The van der Waals surface area contributed by atoms with Crippen molar-refractivity contribution in [1.82, 2.24) is 0 Å².